The largest absolute Gasteiger partial charge is 0.493 e. The van der Waals surface area contributed by atoms with Crippen LogP contribution in [0, 0.1) is 36.5 Å². The molecular formula is C41H40N12O6. The van der Waals surface area contributed by atoms with Crippen molar-refractivity contribution in [1.82, 2.24) is 29.9 Å². The summed E-state index contributed by atoms with van der Waals surface area (Å²) in [7, 11) is 6.12. The van der Waals surface area contributed by atoms with Gasteiger partial charge in [-0.25, -0.2) is 0 Å². The van der Waals surface area contributed by atoms with Gasteiger partial charge in [-0.3, -0.25) is 0 Å². The van der Waals surface area contributed by atoms with Crippen molar-refractivity contribution in [2.24, 2.45) is 0 Å². The molecule has 0 amide bonds. The highest BCUT2D eigenvalue weighted by atomic mass is 16.6. The highest BCUT2D eigenvalue weighted by molar-refractivity contribution is 5.59. The third-order valence-electron chi connectivity index (χ3n) is 8.29. The minimum Gasteiger partial charge on any atom is -0.493 e. The summed E-state index contributed by atoms with van der Waals surface area (Å²) in [6.45, 7) is 4.64. The molecular weight excluding hydrogens is 757 g/mol. The van der Waals surface area contributed by atoms with Crippen molar-refractivity contribution in [3.05, 3.63) is 95.1 Å². The first-order valence-electron chi connectivity index (χ1n) is 18.1. The average Bonchev–Trinajstić information content (AvgIpc) is 3.24. The zero-order valence-corrected chi connectivity index (χ0v) is 33.1. The molecule has 0 aliphatic rings. The molecule has 0 fully saturated rings. The van der Waals surface area contributed by atoms with Gasteiger partial charge < -0.3 is 49.7 Å². The maximum Gasteiger partial charge on any atom is 0.328 e. The molecule has 0 aliphatic heterocycles. The van der Waals surface area contributed by atoms with Crippen LogP contribution in [0.25, 0.3) is 0 Å². The Balaban J connectivity index is 1.20. The van der Waals surface area contributed by atoms with Crippen LogP contribution in [0.2, 0.25) is 0 Å². The molecule has 0 unspecified atom stereocenters. The minimum atomic E-state index is -0.0286. The van der Waals surface area contributed by atoms with Crippen LogP contribution in [0.4, 0.5) is 35.2 Å². The van der Waals surface area contributed by atoms with Gasteiger partial charge in [0.1, 0.15) is 0 Å². The van der Waals surface area contributed by atoms with E-state index < -0.39 is 0 Å². The number of nitrogens with zero attached hydrogens (tertiary/aromatic N) is 8. The Morgan fingerprint density at radius 3 is 1.15 bits per heavy atom. The van der Waals surface area contributed by atoms with Crippen molar-refractivity contribution in [2.75, 3.05) is 62.8 Å². The summed E-state index contributed by atoms with van der Waals surface area (Å²) in [6.07, 6.45) is 0.555. The Hall–Kier alpha value is -8.12. The lowest BCUT2D eigenvalue weighted by Crippen LogP contribution is -2.14. The molecule has 18 nitrogen and oxygen atoms in total. The molecule has 4 N–H and O–H groups in total. The van der Waals surface area contributed by atoms with Crippen molar-refractivity contribution in [3.8, 4) is 58.7 Å². The first-order valence-corrected chi connectivity index (χ1v) is 18.1. The van der Waals surface area contributed by atoms with Crippen LogP contribution < -0.4 is 49.7 Å². The van der Waals surface area contributed by atoms with Gasteiger partial charge in [-0.15, -0.1) is 0 Å². The summed E-state index contributed by atoms with van der Waals surface area (Å²) in [5, 5.41) is 31.2. The molecule has 0 spiro atoms. The molecule has 18 heteroatoms. The fourth-order valence-corrected chi connectivity index (χ4v) is 5.48. The first-order chi connectivity index (χ1) is 28.7. The van der Waals surface area contributed by atoms with E-state index in [4.69, 9.17) is 28.4 Å². The summed E-state index contributed by atoms with van der Waals surface area (Å²) in [5.41, 5.74) is 4.14. The topological polar surface area (TPSA) is 228 Å². The van der Waals surface area contributed by atoms with Gasteiger partial charge >= 0.3 is 12.0 Å². The second-order valence-corrected chi connectivity index (χ2v) is 12.6. The second-order valence-electron chi connectivity index (χ2n) is 12.6. The van der Waals surface area contributed by atoms with E-state index in [-0.39, 0.29) is 35.8 Å². The van der Waals surface area contributed by atoms with Gasteiger partial charge in [0.05, 0.1) is 51.7 Å². The van der Waals surface area contributed by atoms with E-state index >= 15 is 0 Å². The summed E-state index contributed by atoms with van der Waals surface area (Å²) in [4.78, 5) is 27.1. The molecule has 0 bridgehead atoms. The normalized spacial score (nSPS) is 10.4. The van der Waals surface area contributed by atoms with E-state index in [2.05, 4.69) is 63.3 Å². The lowest BCUT2D eigenvalue weighted by molar-refractivity contribution is 0.336. The Kier molecular flexibility index (Phi) is 13.2. The molecule has 59 heavy (non-hydrogen) atoms. The molecule has 2 aromatic heterocycles. The van der Waals surface area contributed by atoms with Crippen LogP contribution in [-0.4, -0.2) is 71.4 Å². The zero-order chi connectivity index (χ0) is 41.7. The predicted molar refractivity (Wildman–Crippen MR) is 219 cm³/mol. The van der Waals surface area contributed by atoms with E-state index in [9.17, 15) is 10.5 Å². The van der Waals surface area contributed by atoms with Gasteiger partial charge in [-0.05, 0) is 104 Å². The molecule has 0 radical (unpaired) electrons. The second kappa shape index (κ2) is 19.2. The minimum absolute atomic E-state index is 0.0286. The van der Waals surface area contributed by atoms with Gasteiger partial charge in [0, 0.05) is 24.5 Å². The number of anilines is 6. The molecule has 300 valence electrons. The summed E-state index contributed by atoms with van der Waals surface area (Å²) in [6, 6.07) is 25.1. The highest BCUT2D eigenvalue weighted by Gasteiger charge is 2.19. The quantitative estimate of drug-likeness (QED) is 0.0619. The van der Waals surface area contributed by atoms with Crippen molar-refractivity contribution in [3.63, 3.8) is 0 Å². The smallest absolute Gasteiger partial charge is 0.328 e. The molecule has 0 aliphatic carbocycles. The molecule has 4 aromatic carbocycles. The fraction of sp³-hybridized carbons (Fsp3) is 0.220. The molecule has 0 saturated heterocycles. The van der Waals surface area contributed by atoms with Crippen LogP contribution in [0.1, 0.15) is 28.7 Å². The van der Waals surface area contributed by atoms with Crippen molar-refractivity contribution in [1.29, 1.82) is 10.5 Å². The Bertz CT molecular complexity index is 2270. The lowest BCUT2D eigenvalue weighted by atomic mass is 10.2. The van der Waals surface area contributed by atoms with Crippen LogP contribution in [-0.2, 0) is 0 Å². The number of rotatable bonds is 18. The van der Waals surface area contributed by atoms with E-state index in [0.717, 1.165) is 11.1 Å². The van der Waals surface area contributed by atoms with Gasteiger partial charge in [0.25, 0.3) is 0 Å². The molecule has 6 aromatic rings. The van der Waals surface area contributed by atoms with E-state index in [1.54, 1.807) is 48.5 Å². The number of nitrogens with one attached hydrogen (secondary N) is 4. The summed E-state index contributed by atoms with van der Waals surface area (Å²) in [5.74, 6) is 3.14. The number of methoxy groups -OCH3 is 4. The number of aryl methyl sites for hydroxylation is 2. The SMILES string of the molecule is COc1cc(C)cc(OC)c1Oc1nc(NCCCNc2nc(Nc3ccc(C#N)cc3)nc(Oc3c(OC)cc(C)cc3OC)n2)nc(Nc2ccc(C#N)cc2)n1. The summed E-state index contributed by atoms with van der Waals surface area (Å²) < 4.78 is 34.6. The van der Waals surface area contributed by atoms with Crippen molar-refractivity contribution in [2.45, 2.75) is 20.3 Å². The van der Waals surface area contributed by atoms with E-state index in [0.29, 0.717) is 76.5 Å². The number of ether oxygens (including phenoxy) is 6. The average molecular weight is 797 g/mol. The van der Waals surface area contributed by atoms with Gasteiger partial charge in [-0.1, -0.05) is 0 Å². The summed E-state index contributed by atoms with van der Waals surface area (Å²) >= 11 is 0. The number of benzene rings is 4. The molecule has 6 rings (SSSR count). The molecule has 0 saturated carbocycles. The first kappa shape index (κ1) is 40.5. The van der Waals surface area contributed by atoms with Crippen molar-refractivity contribution < 1.29 is 28.4 Å². The zero-order valence-electron chi connectivity index (χ0n) is 33.1. The van der Waals surface area contributed by atoms with Gasteiger partial charge in [0.15, 0.2) is 23.0 Å². The number of hydrogen-bond donors (Lipinski definition) is 4. The monoisotopic (exact) mass is 796 g/mol. The fourth-order valence-electron chi connectivity index (χ4n) is 5.48. The maximum atomic E-state index is 9.22. The van der Waals surface area contributed by atoms with E-state index in [1.807, 2.05) is 38.1 Å². The Labute approximate surface area is 340 Å². The Morgan fingerprint density at radius 1 is 0.492 bits per heavy atom. The number of nitriles is 2. The van der Waals surface area contributed by atoms with Crippen molar-refractivity contribution >= 4 is 35.2 Å². The molecule has 2 heterocycles. The maximum absolute atomic E-state index is 9.22. The van der Waals surface area contributed by atoms with E-state index in [1.165, 1.54) is 28.4 Å². The third kappa shape index (κ3) is 10.6. The van der Waals surface area contributed by atoms with Crippen LogP contribution in [0.3, 0.4) is 0 Å². The van der Waals surface area contributed by atoms with Crippen LogP contribution in [0.15, 0.2) is 72.8 Å². The number of aromatic nitrogens is 6. The standard InChI is InChI=1S/C41H40N12O6/c1-24-18-30(54-3)34(31(19-24)55-4)58-40-50-36(48-38(52-40)46-28-12-8-26(22-42)9-13-28)44-16-7-17-45-37-49-39(47-29-14-10-27(23-43)11-15-29)53-41(51-37)59-35-32(56-5)20-25(2)21-33(35)57-6/h8-15,18-21H,7,16-17H2,1-6H3,(H2,44,46,48,50,52)(H2,45,47,49,51,53). The van der Waals surface area contributed by atoms with Gasteiger partial charge in [0.2, 0.25) is 35.3 Å². The number of hydrogen-bond acceptors (Lipinski definition) is 18. The van der Waals surface area contributed by atoms with Gasteiger partial charge in [-0.2, -0.15) is 40.4 Å². The molecule has 0 atom stereocenters. The lowest BCUT2D eigenvalue weighted by Gasteiger charge is -2.15. The predicted octanol–water partition coefficient (Wildman–Crippen LogP) is 7.44. The highest BCUT2D eigenvalue weighted by Crippen LogP contribution is 2.42. The Morgan fingerprint density at radius 2 is 0.831 bits per heavy atom. The third-order valence-corrected chi connectivity index (χ3v) is 8.29. The van der Waals surface area contributed by atoms with Crippen LogP contribution >= 0.6 is 0 Å². The van der Waals surface area contributed by atoms with Crippen LogP contribution in [0.5, 0.6) is 46.5 Å².